The van der Waals surface area contributed by atoms with Crippen LogP contribution < -0.4 is 10.6 Å². The van der Waals surface area contributed by atoms with Crippen LogP contribution >= 0.6 is 11.3 Å². The first-order valence-electron chi connectivity index (χ1n) is 11.5. The lowest BCUT2D eigenvalue weighted by atomic mass is 9.97. The van der Waals surface area contributed by atoms with Crippen molar-refractivity contribution < 1.29 is 9.53 Å². The molecule has 5 rings (SSSR count). The summed E-state index contributed by atoms with van der Waals surface area (Å²) >= 11 is 1.82. The highest BCUT2D eigenvalue weighted by Crippen LogP contribution is 2.39. The molecule has 2 aliphatic rings. The number of morpholine rings is 1. The Bertz CT molecular complexity index is 1120. The standard InChI is InChI=1S/C24H29N5O2S/c1-2-25-23(30)16-6-5-7-17(14-16)26-22-21-18-8-3-4-9-19(18)32-24(21)28-20(27-22)15-29-10-12-31-13-11-29/h5-7,14H,2-4,8-13,15H2,1H3,(H,25,30)(H,26,27,28). The highest BCUT2D eigenvalue weighted by Gasteiger charge is 2.22. The number of benzene rings is 1. The predicted octanol–water partition coefficient (Wildman–Crippen LogP) is 3.90. The number of hydrogen-bond acceptors (Lipinski definition) is 7. The van der Waals surface area contributed by atoms with Crippen LogP contribution in [0, 0.1) is 0 Å². The molecular formula is C24H29N5O2S. The van der Waals surface area contributed by atoms with Crippen LogP contribution in [0.2, 0.25) is 0 Å². The Morgan fingerprint density at radius 3 is 2.88 bits per heavy atom. The number of ether oxygens (including phenoxy) is 1. The molecule has 0 spiro atoms. The zero-order valence-electron chi connectivity index (χ0n) is 18.4. The summed E-state index contributed by atoms with van der Waals surface area (Å²) in [4.78, 5) is 27.1. The van der Waals surface area contributed by atoms with Crippen LogP contribution in [-0.4, -0.2) is 53.6 Å². The number of carbonyl (C=O) groups is 1. The number of nitrogens with zero attached hydrogens (tertiary/aromatic N) is 3. The molecule has 0 saturated carbocycles. The van der Waals surface area contributed by atoms with Crippen molar-refractivity contribution >= 4 is 39.0 Å². The Labute approximate surface area is 192 Å². The first kappa shape index (κ1) is 21.3. The van der Waals surface area contributed by atoms with Gasteiger partial charge in [-0.2, -0.15) is 0 Å². The number of thiophene rings is 1. The number of aryl methyl sites for hydroxylation is 2. The topological polar surface area (TPSA) is 79.4 Å². The number of anilines is 2. The molecule has 3 heterocycles. The van der Waals surface area contributed by atoms with Crippen molar-refractivity contribution in [2.45, 2.75) is 39.2 Å². The Balaban J connectivity index is 1.52. The van der Waals surface area contributed by atoms with Gasteiger partial charge in [0.2, 0.25) is 0 Å². The molecule has 0 atom stereocenters. The minimum Gasteiger partial charge on any atom is -0.379 e. The van der Waals surface area contributed by atoms with Crippen molar-refractivity contribution in [1.29, 1.82) is 0 Å². The van der Waals surface area contributed by atoms with Gasteiger partial charge in [0, 0.05) is 35.8 Å². The minimum absolute atomic E-state index is 0.0649. The second-order valence-electron chi connectivity index (χ2n) is 8.33. The summed E-state index contributed by atoms with van der Waals surface area (Å²) in [5.41, 5.74) is 2.90. The van der Waals surface area contributed by atoms with E-state index in [0.29, 0.717) is 12.1 Å². The van der Waals surface area contributed by atoms with Gasteiger partial charge >= 0.3 is 0 Å². The molecule has 0 radical (unpaired) electrons. The Morgan fingerprint density at radius 1 is 1.19 bits per heavy atom. The van der Waals surface area contributed by atoms with E-state index in [-0.39, 0.29) is 5.91 Å². The van der Waals surface area contributed by atoms with Gasteiger partial charge in [0.15, 0.2) is 0 Å². The summed E-state index contributed by atoms with van der Waals surface area (Å²) in [6.45, 7) is 6.57. The highest BCUT2D eigenvalue weighted by molar-refractivity contribution is 7.19. The lowest BCUT2D eigenvalue weighted by molar-refractivity contribution is 0.0331. The van der Waals surface area contributed by atoms with Gasteiger partial charge in [-0.1, -0.05) is 6.07 Å². The van der Waals surface area contributed by atoms with Crippen LogP contribution in [0.5, 0.6) is 0 Å². The molecule has 32 heavy (non-hydrogen) atoms. The summed E-state index contributed by atoms with van der Waals surface area (Å²) < 4.78 is 5.49. The second-order valence-corrected chi connectivity index (χ2v) is 9.42. The minimum atomic E-state index is -0.0649. The number of hydrogen-bond donors (Lipinski definition) is 2. The largest absolute Gasteiger partial charge is 0.379 e. The van der Waals surface area contributed by atoms with Gasteiger partial charge in [-0.3, -0.25) is 9.69 Å². The fraction of sp³-hybridized carbons (Fsp3) is 0.458. The Kier molecular flexibility index (Phi) is 6.34. The third-order valence-electron chi connectivity index (χ3n) is 6.05. The maximum absolute atomic E-state index is 12.3. The zero-order valence-corrected chi connectivity index (χ0v) is 19.3. The third-order valence-corrected chi connectivity index (χ3v) is 7.24. The number of carbonyl (C=O) groups excluding carboxylic acids is 1. The van der Waals surface area contributed by atoms with Crippen LogP contribution in [0.1, 0.15) is 46.4 Å². The van der Waals surface area contributed by atoms with Crippen LogP contribution in [0.4, 0.5) is 11.5 Å². The lowest BCUT2D eigenvalue weighted by Gasteiger charge is -2.25. The van der Waals surface area contributed by atoms with Gasteiger partial charge in [0.25, 0.3) is 5.91 Å². The molecule has 1 aromatic carbocycles. The molecular weight excluding hydrogens is 422 g/mol. The fourth-order valence-corrected chi connectivity index (χ4v) is 5.74. The highest BCUT2D eigenvalue weighted by atomic mass is 32.1. The predicted molar refractivity (Wildman–Crippen MR) is 128 cm³/mol. The molecule has 2 N–H and O–H groups in total. The van der Waals surface area contributed by atoms with E-state index in [9.17, 15) is 4.79 Å². The molecule has 8 heteroatoms. The molecule has 2 aromatic heterocycles. The van der Waals surface area contributed by atoms with E-state index in [1.807, 2.05) is 42.5 Å². The summed E-state index contributed by atoms with van der Waals surface area (Å²) in [6, 6.07) is 7.61. The maximum Gasteiger partial charge on any atom is 0.251 e. The number of aromatic nitrogens is 2. The molecule has 7 nitrogen and oxygen atoms in total. The molecule has 0 bridgehead atoms. The van der Waals surface area contributed by atoms with E-state index in [1.54, 1.807) is 0 Å². The third kappa shape index (κ3) is 4.48. The van der Waals surface area contributed by atoms with E-state index in [0.717, 1.165) is 73.2 Å². The van der Waals surface area contributed by atoms with Crippen LogP contribution in [0.25, 0.3) is 10.2 Å². The van der Waals surface area contributed by atoms with Crippen molar-refractivity contribution in [3.05, 3.63) is 46.1 Å². The van der Waals surface area contributed by atoms with Gasteiger partial charge in [0.1, 0.15) is 16.5 Å². The SMILES string of the molecule is CCNC(=O)c1cccc(Nc2nc(CN3CCOCC3)nc3sc4c(c23)CCCC4)c1. The van der Waals surface area contributed by atoms with E-state index >= 15 is 0 Å². The van der Waals surface area contributed by atoms with Crippen LogP contribution in [-0.2, 0) is 24.1 Å². The number of nitrogens with one attached hydrogen (secondary N) is 2. The molecule has 0 unspecified atom stereocenters. The van der Waals surface area contributed by atoms with Gasteiger partial charge < -0.3 is 15.4 Å². The van der Waals surface area contributed by atoms with Crippen LogP contribution in [0.15, 0.2) is 24.3 Å². The van der Waals surface area contributed by atoms with Crippen molar-refractivity contribution in [3.8, 4) is 0 Å². The van der Waals surface area contributed by atoms with Crippen molar-refractivity contribution in [2.75, 3.05) is 38.2 Å². The monoisotopic (exact) mass is 451 g/mol. The van der Waals surface area contributed by atoms with E-state index < -0.39 is 0 Å². The average molecular weight is 452 g/mol. The van der Waals surface area contributed by atoms with E-state index in [2.05, 4.69) is 15.5 Å². The van der Waals surface area contributed by atoms with Crippen LogP contribution in [0.3, 0.4) is 0 Å². The molecule has 3 aromatic rings. The fourth-order valence-electron chi connectivity index (χ4n) is 4.46. The first-order chi connectivity index (χ1) is 15.7. The number of fused-ring (bicyclic) bond motifs is 3. The van der Waals surface area contributed by atoms with Crippen molar-refractivity contribution in [1.82, 2.24) is 20.2 Å². The van der Waals surface area contributed by atoms with Gasteiger partial charge in [-0.05, 0) is 56.4 Å². The summed E-state index contributed by atoms with van der Waals surface area (Å²) in [5, 5.41) is 7.55. The first-order valence-corrected chi connectivity index (χ1v) is 12.3. The van der Waals surface area contributed by atoms with E-state index in [1.165, 1.54) is 23.3 Å². The smallest absolute Gasteiger partial charge is 0.251 e. The maximum atomic E-state index is 12.3. The second kappa shape index (κ2) is 9.52. The van der Waals surface area contributed by atoms with Crippen molar-refractivity contribution in [3.63, 3.8) is 0 Å². The average Bonchev–Trinajstić information content (AvgIpc) is 3.19. The summed E-state index contributed by atoms with van der Waals surface area (Å²) in [7, 11) is 0. The van der Waals surface area contributed by atoms with Crippen molar-refractivity contribution in [2.24, 2.45) is 0 Å². The quantitative estimate of drug-likeness (QED) is 0.592. The zero-order chi connectivity index (χ0) is 21.9. The normalized spacial score (nSPS) is 16.7. The number of amides is 1. The lowest BCUT2D eigenvalue weighted by Crippen LogP contribution is -2.36. The molecule has 1 aliphatic heterocycles. The molecule has 1 amide bonds. The Hall–Kier alpha value is -2.55. The van der Waals surface area contributed by atoms with E-state index in [4.69, 9.17) is 14.7 Å². The summed E-state index contributed by atoms with van der Waals surface area (Å²) in [5.74, 6) is 1.62. The van der Waals surface area contributed by atoms with Gasteiger partial charge in [-0.15, -0.1) is 11.3 Å². The summed E-state index contributed by atoms with van der Waals surface area (Å²) in [6.07, 6.45) is 4.65. The van der Waals surface area contributed by atoms with Gasteiger partial charge in [0.05, 0.1) is 25.1 Å². The molecule has 1 saturated heterocycles. The number of rotatable bonds is 6. The Morgan fingerprint density at radius 2 is 2.03 bits per heavy atom. The molecule has 168 valence electrons. The molecule has 1 aliphatic carbocycles. The molecule has 1 fully saturated rings. The van der Waals surface area contributed by atoms with Gasteiger partial charge in [-0.25, -0.2) is 9.97 Å².